The second-order valence-corrected chi connectivity index (χ2v) is 6.78. The van der Waals surface area contributed by atoms with Crippen LogP contribution in [-0.4, -0.2) is 0 Å². The van der Waals surface area contributed by atoms with Crippen LogP contribution in [0.2, 0.25) is 0 Å². The third kappa shape index (κ3) is 1.82. The third-order valence-electron chi connectivity index (χ3n) is 4.40. The van der Waals surface area contributed by atoms with Gasteiger partial charge >= 0.3 is 0 Å². The maximum absolute atomic E-state index is 4.00. The van der Waals surface area contributed by atoms with Crippen LogP contribution in [0.25, 0.3) is 44.5 Å². The first-order valence-electron chi connectivity index (χ1n) is 7.39. The van der Waals surface area contributed by atoms with E-state index in [1.54, 1.807) is 0 Å². The van der Waals surface area contributed by atoms with E-state index in [9.17, 15) is 0 Å². The molecule has 0 N–H and O–H groups in total. The Morgan fingerprint density at radius 1 is 0.909 bits per heavy atom. The summed E-state index contributed by atoms with van der Waals surface area (Å²) in [6, 6.07) is 17.7. The molecule has 0 aromatic heterocycles. The number of fused-ring (bicyclic) bond motifs is 2. The zero-order chi connectivity index (χ0) is 15.3. The molecule has 0 saturated heterocycles. The summed E-state index contributed by atoms with van der Waals surface area (Å²) in [6.45, 7) is 6.12. The standard InChI is InChI=1S/C21H15I/c1-3-13-7-5-10-18-19-12-15(22)11-14-8-6-9-17(21(14)19)16(4-2)20(13)18/h3-12H,1H2,2H3/b16-4-. The van der Waals surface area contributed by atoms with E-state index in [1.807, 2.05) is 6.08 Å². The van der Waals surface area contributed by atoms with E-state index >= 15 is 0 Å². The Morgan fingerprint density at radius 2 is 1.68 bits per heavy atom. The van der Waals surface area contributed by atoms with Gasteiger partial charge in [-0.3, -0.25) is 0 Å². The molecule has 0 bridgehead atoms. The van der Waals surface area contributed by atoms with E-state index in [0.717, 1.165) is 0 Å². The third-order valence-corrected chi connectivity index (χ3v) is 5.02. The highest BCUT2D eigenvalue weighted by atomic mass is 127. The van der Waals surface area contributed by atoms with E-state index in [0.29, 0.717) is 0 Å². The van der Waals surface area contributed by atoms with Crippen molar-refractivity contribution in [1.29, 1.82) is 0 Å². The zero-order valence-electron chi connectivity index (χ0n) is 12.4. The van der Waals surface area contributed by atoms with Crippen LogP contribution < -0.4 is 5.22 Å². The molecule has 1 heteroatoms. The van der Waals surface area contributed by atoms with Crippen LogP contribution in [0, 0.1) is 3.57 Å². The quantitative estimate of drug-likeness (QED) is 0.214. The Morgan fingerprint density at radius 3 is 2.45 bits per heavy atom. The van der Waals surface area contributed by atoms with Crippen molar-refractivity contribution in [3.8, 4) is 0 Å². The van der Waals surface area contributed by atoms with Gasteiger partial charge in [-0.25, -0.2) is 0 Å². The number of halogens is 1. The molecule has 0 aliphatic carbocycles. The van der Waals surface area contributed by atoms with Crippen LogP contribution in [-0.2, 0) is 0 Å². The normalized spacial score (nSPS) is 12.5. The summed E-state index contributed by atoms with van der Waals surface area (Å²) in [5.41, 5.74) is 1.20. The molecule has 4 aromatic rings. The number of hydrogen-bond acceptors (Lipinski definition) is 0. The second-order valence-electron chi connectivity index (χ2n) is 5.53. The van der Waals surface area contributed by atoms with Crippen LogP contribution in [0.15, 0.2) is 55.1 Å². The minimum absolute atomic E-state index is 1.20. The first-order chi connectivity index (χ1) is 10.7. The molecule has 22 heavy (non-hydrogen) atoms. The lowest BCUT2D eigenvalue weighted by atomic mass is 9.91. The van der Waals surface area contributed by atoms with Crippen LogP contribution in [0.3, 0.4) is 0 Å². The van der Waals surface area contributed by atoms with Crippen molar-refractivity contribution in [2.24, 2.45) is 0 Å². The highest BCUT2D eigenvalue weighted by Gasteiger charge is 2.11. The molecule has 0 saturated carbocycles. The summed E-state index contributed by atoms with van der Waals surface area (Å²) in [7, 11) is 0. The van der Waals surface area contributed by atoms with Gasteiger partial charge in [0.25, 0.3) is 0 Å². The van der Waals surface area contributed by atoms with Crippen molar-refractivity contribution in [3.63, 3.8) is 0 Å². The van der Waals surface area contributed by atoms with Crippen molar-refractivity contribution in [2.75, 3.05) is 0 Å². The number of rotatable bonds is 1. The van der Waals surface area contributed by atoms with Gasteiger partial charge in [-0.2, -0.15) is 0 Å². The van der Waals surface area contributed by atoms with E-state index < -0.39 is 0 Å². The van der Waals surface area contributed by atoms with Crippen molar-refractivity contribution in [3.05, 3.63) is 69.5 Å². The molecular weight excluding hydrogens is 379 g/mol. The Hall–Kier alpha value is -1.87. The van der Waals surface area contributed by atoms with Crippen LogP contribution in [0.4, 0.5) is 0 Å². The molecule has 106 valence electrons. The number of hydrogen-bond donors (Lipinski definition) is 0. The minimum atomic E-state index is 1.20. The molecule has 0 aliphatic heterocycles. The molecule has 4 aromatic carbocycles. The highest BCUT2D eigenvalue weighted by Crippen LogP contribution is 2.33. The van der Waals surface area contributed by atoms with Crippen LogP contribution in [0.5, 0.6) is 0 Å². The summed E-state index contributed by atoms with van der Waals surface area (Å²) < 4.78 is 1.27. The first-order valence-corrected chi connectivity index (χ1v) is 8.47. The van der Waals surface area contributed by atoms with Gasteiger partial charge in [-0.15, -0.1) is 0 Å². The van der Waals surface area contributed by atoms with Crippen molar-refractivity contribution >= 4 is 67.1 Å². The van der Waals surface area contributed by atoms with Gasteiger partial charge in [0.2, 0.25) is 0 Å². The first kappa shape index (κ1) is 13.8. The van der Waals surface area contributed by atoms with Gasteiger partial charge in [-0.05, 0) is 84.7 Å². The lowest BCUT2D eigenvalue weighted by Gasteiger charge is -2.13. The molecule has 0 heterocycles. The van der Waals surface area contributed by atoms with Gasteiger partial charge in [0.15, 0.2) is 0 Å². The molecule has 0 fully saturated rings. The van der Waals surface area contributed by atoms with Gasteiger partial charge in [-0.1, -0.05) is 55.1 Å². The molecule has 4 rings (SSSR count). The second kappa shape index (κ2) is 5.10. The number of benzene rings is 4. The summed E-state index contributed by atoms with van der Waals surface area (Å²) >= 11 is 2.41. The fourth-order valence-electron chi connectivity index (χ4n) is 3.53. The van der Waals surface area contributed by atoms with Crippen LogP contribution in [0.1, 0.15) is 12.5 Å². The fraction of sp³-hybridized carbons (Fsp3) is 0.0476. The van der Waals surface area contributed by atoms with Gasteiger partial charge in [0.1, 0.15) is 0 Å². The summed E-state index contributed by atoms with van der Waals surface area (Å²) in [6.07, 6.45) is 4.18. The minimum Gasteiger partial charge on any atom is -0.0984 e. The smallest absolute Gasteiger partial charge is 0.0142 e. The summed E-state index contributed by atoms with van der Waals surface area (Å²) in [5, 5.41) is 9.27. The Bertz CT molecular complexity index is 1100. The predicted molar refractivity (Wildman–Crippen MR) is 107 cm³/mol. The van der Waals surface area contributed by atoms with Gasteiger partial charge in [0, 0.05) is 3.57 Å². The fourth-order valence-corrected chi connectivity index (χ4v) is 4.17. The highest BCUT2D eigenvalue weighted by molar-refractivity contribution is 14.1. The zero-order valence-corrected chi connectivity index (χ0v) is 14.5. The molecule has 0 atom stereocenters. The lowest BCUT2D eigenvalue weighted by molar-refractivity contribution is 1.68. The maximum atomic E-state index is 4.00. The van der Waals surface area contributed by atoms with Crippen molar-refractivity contribution < 1.29 is 0 Å². The van der Waals surface area contributed by atoms with Gasteiger partial charge in [0.05, 0.1) is 0 Å². The summed E-state index contributed by atoms with van der Waals surface area (Å²) in [4.78, 5) is 0. The van der Waals surface area contributed by atoms with E-state index in [4.69, 9.17) is 0 Å². The molecule has 0 radical (unpaired) electrons. The Kier molecular flexibility index (Phi) is 3.19. The maximum Gasteiger partial charge on any atom is 0.0142 e. The predicted octanol–water partition coefficient (Wildman–Crippen LogP) is 5.91. The van der Waals surface area contributed by atoms with Gasteiger partial charge < -0.3 is 0 Å². The SMILES string of the molecule is C=Cc1cccc2c1/c(=C\C)c1cccc3cc(I)cc2c31. The molecule has 0 aliphatic rings. The molecule has 0 amide bonds. The van der Waals surface area contributed by atoms with Crippen molar-refractivity contribution in [2.45, 2.75) is 6.92 Å². The lowest BCUT2D eigenvalue weighted by Crippen LogP contribution is -2.06. The average Bonchev–Trinajstić information content (AvgIpc) is 2.54. The Balaban J connectivity index is 2.50. The largest absolute Gasteiger partial charge is 0.0984 e. The molecule has 0 spiro atoms. The molecule has 0 nitrogen and oxygen atoms in total. The van der Waals surface area contributed by atoms with Crippen molar-refractivity contribution in [1.82, 2.24) is 0 Å². The molecular formula is C21H15I. The van der Waals surface area contributed by atoms with E-state index in [-0.39, 0.29) is 0 Å². The van der Waals surface area contributed by atoms with Crippen LogP contribution >= 0.6 is 22.6 Å². The van der Waals surface area contributed by atoms with E-state index in [1.165, 1.54) is 46.7 Å². The Labute approximate surface area is 143 Å². The average molecular weight is 394 g/mol. The monoisotopic (exact) mass is 394 g/mol. The summed E-state index contributed by atoms with van der Waals surface area (Å²) in [5.74, 6) is 0. The molecule has 0 unspecified atom stereocenters. The topological polar surface area (TPSA) is 0 Å². The van der Waals surface area contributed by atoms with E-state index in [2.05, 4.69) is 90.7 Å².